The maximum Gasteiger partial charge on any atom is 0.244 e. The molecule has 0 aliphatic rings. The summed E-state index contributed by atoms with van der Waals surface area (Å²) in [5.41, 5.74) is 1.37. The summed E-state index contributed by atoms with van der Waals surface area (Å²) in [6, 6.07) is 22.6. The Kier molecular flexibility index (Phi) is 10.4. The molecule has 0 saturated carbocycles. The Morgan fingerprint density at radius 2 is 1.53 bits per heavy atom. The van der Waals surface area contributed by atoms with Crippen LogP contribution in [0.5, 0.6) is 0 Å². The van der Waals surface area contributed by atoms with Crippen molar-refractivity contribution >= 4 is 27.5 Å². The number of halogens is 1. The molecule has 1 unspecified atom stereocenters. The second-order valence-corrected chi connectivity index (χ2v) is 11.0. The first-order chi connectivity index (χ1) is 18.2. The van der Waals surface area contributed by atoms with Gasteiger partial charge in [0.15, 0.2) is 0 Å². The molecule has 9 heteroatoms. The molecule has 1 N–H and O–H groups in total. The molecule has 3 rings (SSSR count). The van der Waals surface area contributed by atoms with Crippen LogP contribution in [-0.2, 0) is 32.6 Å². The van der Waals surface area contributed by atoms with Gasteiger partial charge in [-0.3, -0.25) is 13.9 Å². The molecule has 0 bridgehead atoms. The summed E-state index contributed by atoms with van der Waals surface area (Å²) in [6.07, 6.45) is 2.85. The smallest absolute Gasteiger partial charge is 0.244 e. The maximum absolute atomic E-state index is 14.7. The monoisotopic (exact) mass is 539 g/mol. The standard InChI is InChI=1S/C29H34FN3O4S/c1-3-4-19-31-29(35)27(20-23-13-7-5-8-14-23)32(21-24-15-11-12-18-26(24)30)28(34)22-33(38(2,36)37)25-16-9-6-10-17-25/h5-18,27H,3-4,19-22H2,1-2H3,(H,31,35). The molecule has 3 aromatic carbocycles. The third-order valence-corrected chi connectivity index (χ3v) is 7.26. The van der Waals surface area contributed by atoms with Gasteiger partial charge in [-0.05, 0) is 30.2 Å². The summed E-state index contributed by atoms with van der Waals surface area (Å²) in [5.74, 6) is -1.51. The molecular weight excluding hydrogens is 505 g/mol. The average molecular weight is 540 g/mol. The van der Waals surface area contributed by atoms with Gasteiger partial charge in [0.25, 0.3) is 0 Å². The first-order valence-corrected chi connectivity index (χ1v) is 14.4. The molecule has 0 fully saturated rings. The summed E-state index contributed by atoms with van der Waals surface area (Å²) >= 11 is 0. The highest BCUT2D eigenvalue weighted by Crippen LogP contribution is 2.20. The number of benzene rings is 3. The number of hydrogen-bond acceptors (Lipinski definition) is 4. The van der Waals surface area contributed by atoms with Crippen LogP contribution < -0.4 is 9.62 Å². The summed E-state index contributed by atoms with van der Waals surface area (Å²) < 4.78 is 41.1. The van der Waals surface area contributed by atoms with E-state index in [1.54, 1.807) is 48.5 Å². The lowest BCUT2D eigenvalue weighted by Gasteiger charge is -2.33. The zero-order valence-corrected chi connectivity index (χ0v) is 22.5. The summed E-state index contributed by atoms with van der Waals surface area (Å²) in [7, 11) is -3.84. The topological polar surface area (TPSA) is 86.8 Å². The van der Waals surface area contributed by atoms with Crippen molar-refractivity contribution in [3.8, 4) is 0 Å². The predicted octanol–water partition coefficient (Wildman–Crippen LogP) is 4.15. The Morgan fingerprint density at radius 1 is 0.921 bits per heavy atom. The van der Waals surface area contributed by atoms with E-state index in [0.29, 0.717) is 12.2 Å². The number of unbranched alkanes of at least 4 members (excludes halogenated alkanes) is 1. The summed E-state index contributed by atoms with van der Waals surface area (Å²) in [5, 5.41) is 2.90. The Morgan fingerprint density at radius 3 is 2.13 bits per heavy atom. The lowest BCUT2D eigenvalue weighted by Crippen LogP contribution is -2.53. The van der Waals surface area contributed by atoms with Gasteiger partial charge in [-0.25, -0.2) is 12.8 Å². The molecule has 3 aromatic rings. The molecular formula is C29H34FN3O4S. The predicted molar refractivity (Wildman–Crippen MR) is 147 cm³/mol. The maximum atomic E-state index is 14.7. The number of para-hydroxylation sites is 1. The van der Waals surface area contributed by atoms with E-state index in [1.165, 1.54) is 11.0 Å². The van der Waals surface area contributed by atoms with Crippen LogP contribution in [0.4, 0.5) is 10.1 Å². The van der Waals surface area contributed by atoms with E-state index in [9.17, 15) is 22.4 Å². The largest absolute Gasteiger partial charge is 0.354 e. The number of carbonyl (C=O) groups excluding carboxylic acids is 2. The molecule has 1 atom stereocenters. The Labute approximate surface area is 224 Å². The third kappa shape index (κ3) is 8.14. The fourth-order valence-corrected chi connectivity index (χ4v) is 4.93. The van der Waals surface area contributed by atoms with Crippen LogP contribution in [0.1, 0.15) is 30.9 Å². The molecule has 0 radical (unpaired) electrons. The van der Waals surface area contributed by atoms with Crippen LogP contribution in [0.25, 0.3) is 0 Å². The van der Waals surface area contributed by atoms with Gasteiger partial charge in [-0.1, -0.05) is 80.1 Å². The van der Waals surface area contributed by atoms with Crippen molar-refractivity contribution in [1.29, 1.82) is 0 Å². The minimum Gasteiger partial charge on any atom is -0.354 e. The number of amides is 2. The molecule has 0 heterocycles. The second-order valence-electron chi connectivity index (χ2n) is 9.07. The second kappa shape index (κ2) is 13.7. The van der Waals surface area contributed by atoms with Gasteiger partial charge in [0.1, 0.15) is 18.4 Å². The number of sulfonamides is 1. The summed E-state index contributed by atoms with van der Waals surface area (Å²) in [6.45, 7) is 1.70. The minimum absolute atomic E-state index is 0.184. The minimum atomic E-state index is -3.84. The van der Waals surface area contributed by atoms with Crippen molar-refractivity contribution < 1.29 is 22.4 Å². The van der Waals surface area contributed by atoms with Crippen LogP contribution in [0.15, 0.2) is 84.9 Å². The van der Waals surface area contributed by atoms with Crippen LogP contribution in [-0.4, -0.2) is 50.5 Å². The molecule has 38 heavy (non-hydrogen) atoms. The van der Waals surface area contributed by atoms with Crippen LogP contribution >= 0.6 is 0 Å². The van der Waals surface area contributed by atoms with Crippen LogP contribution in [0.2, 0.25) is 0 Å². The third-order valence-electron chi connectivity index (χ3n) is 6.12. The fraction of sp³-hybridized carbons (Fsp3) is 0.310. The number of hydrogen-bond donors (Lipinski definition) is 1. The van der Waals surface area contributed by atoms with Crippen LogP contribution in [0, 0.1) is 5.82 Å². The normalized spacial score (nSPS) is 12.0. The van der Waals surface area contributed by atoms with Crippen molar-refractivity contribution in [3.63, 3.8) is 0 Å². The van der Waals surface area contributed by atoms with E-state index in [4.69, 9.17) is 0 Å². The van der Waals surface area contributed by atoms with E-state index in [-0.39, 0.29) is 24.4 Å². The van der Waals surface area contributed by atoms with E-state index < -0.39 is 34.3 Å². The Hall–Kier alpha value is -3.72. The van der Waals surface area contributed by atoms with Crippen LogP contribution in [0.3, 0.4) is 0 Å². The van der Waals surface area contributed by atoms with Crippen molar-refractivity contribution in [1.82, 2.24) is 10.2 Å². The highest BCUT2D eigenvalue weighted by molar-refractivity contribution is 7.92. The van der Waals surface area contributed by atoms with Crippen molar-refractivity contribution in [3.05, 3.63) is 102 Å². The van der Waals surface area contributed by atoms with Gasteiger partial charge < -0.3 is 10.2 Å². The quantitative estimate of drug-likeness (QED) is 0.331. The van der Waals surface area contributed by atoms with Gasteiger partial charge in [0.2, 0.25) is 21.8 Å². The molecule has 0 aliphatic carbocycles. The molecule has 0 aromatic heterocycles. The molecule has 0 aliphatic heterocycles. The van der Waals surface area contributed by atoms with Crippen molar-refractivity contribution in [2.75, 3.05) is 23.7 Å². The van der Waals surface area contributed by atoms with E-state index in [0.717, 1.165) is 29.0 Å². The average Bonchev–Trinajstić information content (AvgIpc) is 2.90. The lowest BCUT2D eigenvalue weighted by atomic mass is 10.0. The Balaban J connectivity index is 2.02. The number of nitrogens with zero attached hydrogens (tertiary/aromatic N) is 2. The van der Waals surface area contributed by atoms with Gasteiger partial charge in [-0.2, -0.15) is 0 Å². The Bertz CT molecular complexity index is 1300. The van der Waals surface area contributed by atoms with Gasteiger partial charge in [0.05, 0.1) is 11.9 Å². The zero-order valence-electron chi connectivity index (χ0n) is 21.7. The number of anilines is 1. The summed E-state index contributed by atoms with van der Waals surface area (Å²) in [4.78, 5) is 28.6. The van der Waals surface area contributed by atoms with Gasteiger partial charge in [0, 0.05) is 25.1 Å². The number of rotatable bonds is 13. The molecule has 202 valence electrons. The lowest BCUT2D eigenvalue weighted by molar-refractivity contribution is -0.140. The highest BCUT2D eigenvalue weighted by Gasteiger charge is 2.33. The van der Waals surface area contributed by atoms with E-state index in [2.05, 4.69) is 5.32 Å². The van der Waals surface area contributed by atoms with E-state index in [1.807, 2.05) is 37.3 Å². The first kappa shape index (κ1) is 28.8. The molecule has 2 amide bonds. The number of nitrogens with one attached hydrogen (secondary N) is 1. The first-order valence-electron chi connectivity index (χ1n) is 12.6. The zero-order chi connectivity index (χ0) is 27.5. The highest BCUT2D eigenvalue weighted by atomic mass is 32.2. The molecule has 0 saturated heterocycles. The van der Waals surface area contributed by atoms with Crippen molar-refractivity contribution in [2.24, 2.45) is 0 Å². The van der Waals surface area contributed by atoms with Gasteiger partial charge >= 0.3 is 0 Å². The van der Waals surface area contributed by atoms with Crippen molar-refractivity contribution in [2.45, 2.75) is 38.8 Å². The van der Waals surface area contributed by atoms with Gasteiger partial charge in [-0.15, -0.1) is 0 Å². The van der Waals surface area contributed by atoms with E-state index >= 15 is 0 Å². The molecule has 0 spiro atoms. The SMILES string of the molecule is CCCCNC(=O)C(Cc1ccccc1)N(Cc1ccccc1F)C(=O)CN(c1ccccc1)S(C)(=O)=O. The molecule has 7 nitrogen and oxygen atoms in total. The number of carbonyl (C=O) groups is 2. The fourth-order valence-electron chi connectivity index (χ4n) is 4.08.